The van der Waals surface area contributed by atoms with Gasteiger partial charge in [-0.15, -0.1) is 0 Å². The summed E-state index contributed by atoms with van der Waals surface area (Å²) in [5, 5.41) is 0.982. The number of aromatic nitrogens is 2. The minimum Gasteiger partial charge on any atom is -0.340 e. The maximum Gasteiger partial charge on any atom is 0.240 e. The highest BCUT2D eigenvalue weighted by Crippen LogP contribution is 2.33. The number of likely N-dealkylation sites (N-methyl/N-ethyl adjacent to an activating group) is 1. The van der Waals surface area contributed by atoms with Crippen LogP contribution >= 0.6 is 11.8 Å². The summed E-state index contributed by atoms with van der Waals surface area (Å²) in [4.78, 5) is 29.3. The zero-order chi connectivity index (χ0) is 22.7. The second-order valence-corrected chi connectivity index (χ2v) is 10.2. The molecule has 8 heteroatoms. The first kappa shape index (κ1) is 23.1. The van der Waals surface area contributed by atoms with Gasteiger partial charge in [0, 0.05) is 49.4 Å². The zero-order valence-corrected chi connectivity index (χ0v) is 19.9. The van der Waals surface area contributed by atoms with E-state index in [0.29, 0.717) is 6.54 Å². The Morgan fingerprint density at radius 2 is 1.91 bits per heavy atom. The number of halogens is 1. The number of benzene rings is 1. The average Bonchev–Trinajstić information content (AvgIpc) is 2.97. The van der Waals surface area contributed by atoms with Crippen molar-refractivity contribution in [2.75, 3.05) is 39.8 Å². The summed E-state index contributed by atoms with van der Waals surface area (Å²) in [5.41, 5.74) is 2.80. The van der Waals surface area contributed by atoms with E-state index < -0.39 is 0 Å². The van der Waals surface area contributed by atoms with Crippen LogP contribution in [0.1, 0.15) is 29.8 Å². The number of carbonyl (C=O) groups excluding carboxylic acids is 1. The van der Waals surface area contributed by atoms with Crippen molar-refractivity contribution < 1.29 is 9.18 Å². The second kappa shape index (κ2) is 10.3. The normalized spacial score (nSPS) is 22.8. The molecule has 2 saturated heterocycles. The molecule has 0 N–H and O–H groups in total. The van der Waals surface area contributed by atoms with E-state index in [9.17, 15) is 9.18 Å². The molecule has 0 aliphatic carbocycles. The molecule has 1 aromatic carbocycles. The largest absolute Gasteiger partial charge is 0.340 e. The molecule has 0 radical (unpaired) electrons. The number of carbonyl (C=O) groups is 1. The number of thioether (sulfide) groups is 1. The van der Waals surface area contributed by atoms with Crippen molar-refractivity contribution in [3.8, 4) is 0 Å². The number of amides is 1. The molecule has 1 aromatic heterocycles. The van der Waals surface area contributed by atoms with E-state index >= 15 is 0 Å². The Kier molecular flexibility index (Phi) is 7.43. The Balaban J connectivity index is 1.52. The molecule has 0 saturated carbocycles. The highest BCUT2D eigenvalue weighted by Gasteiger charge is 2.39. The molecule has 2 aromatic rings. The van der Waals surface area contributed by atoms with Crippen molar-refractivity contribution in [2.45, 2.75) is 49.7 Å². The van der Waals surface area contributed by atoms with Gasteiger partial charge in [-0.05, 0) is 64.0 Å². The van der Waals surface area contributed by atoms with Crippen molar-refractivity contribution in [1.29, 1.82) is 0 Å². The summed E-state index contributed by atoms with van der Waals surface area (Å²) < 4.78 is 13.8. The Morgan fingerprint density at radius 1 is 1.12 bits per heavy atom. The van der Waals surface area contributed by atoms with Crippen LogP contribution in [0, 0.1) is 19.7 Å². The number of hydrogen-bond donors (Lipinski definition) is 0. The summed E-state index contributed by atoms with van der Waals surface area (Å²) in [6, 6.07) is 8.45. The fourth-order valence-corrected chi connectivity index (χ4v) is 5.86. The molecule has 0 bridgehead atoms. The molecule has 0 spiro atoms. The van der Waals surface area contributed by atoms with Crippen LogP contribution in [0.15, 0.2) is 35.5 Å². The van der Waals surface area contributed by atoms with Gasteiger partial charge >= 0.3 is 0 Å². The Hall–Kier alpha value is -2.03. The first-order valence-electron chi connectivity index (χ1n) is 11.3. The van der Waals surface area contributed by atoms with E-state index in [0.717, 1.165) is 67.7 Å². The summed E-state index contributed by atoms with van der Waals surface area (Å²) in [6.07, 6.45) is 1.74. The van der Waals surface area contributed by atoms with Crippen LogP contribution in [-0.4, -0.2) is 81.6 Å². The van der Waals surface area contributed by atoms with Crippen molar-refractivity contribution in [3.63, 3.8) is 0 Å². The van der Waals surface area contributed by atoms with Gasteiger partial charge in [-0.25, -0.2) is 14.4 Å². The van der Waals surface area contributed by atoms with Crippen LogP contribution in [0.3, 0.4) is 0 Å². The third-order valence-corrected chi connectivity index (χ3v) is 7.26. The van der Waals surface area contributed by atoms with Gasteiger partial charge in [0.2, 0.25) is 5.91 Å². The lowest BCUT2D eigenvalue weighted by atomic mass is 10.1. The first-order chi connectivity index (χ1) is 15.4. The molecule has 6 nitrogen and oxygen atoms in total. The van der Waals surface area contributed by atoms with Gasteiger partial charge in [-0.3, -0.25) is 9.69 Å². The Labute approximate surface area is 194 Å². The lowest BCUT2D eigenvalue weighted by molar-refractivity contribution is -0.136. The molecule has 2 aliphatic rings. The average molecular weight is 458 g/mol. The molecule has 2 atom stereocenters. The van der Waals surface area contributed by atoms with E-state index in [-0.39, 0.29) is 23.0 Å². The SMILES string of the molecule is Cc1cc(C)nc(S[C@@H]2C[C@@H](C(=O)N3CCCN(C)CC3)N(Cc3cccc(F)c3)C2)n1. The number of likely N-dealkylation sites (tertiary alicyclic amines) is 1. The summed E-state index contributed by atoms with van der Waals surface area (Å²) in [7, 11) is 2.11. The monoisotopic (exact) mass is 457 g/mol. The van der Waals surface area contributed by atoms with Crippen LogP contribution < -0.4 is 0 Å². The predicted octanol–water partition coefficient (Wildman–Crippen LogP) is 3.13. The lowest BCUT2D eigenvalue weighted by Gasteiger charge is -2.29. The van der Waals surface area contributed by atoms with Crippen molar-refractivity contribution in [1.82, 2.24) is 24.7 Å². The van der Waals surface area contributed by atoms with E-state index in [1.54, 1.807) is 23.9 Å². The van der Waals surface area contributed by atoms with Crippen LogP contribution in [0.5, 0.6) is 0 Å². The Bertz CT molecular complexity index is 937. The molecule has 4 rings (SSSR count). The third kappa shape index (κ3) is 5.85. The van der Waals surface area contributed by atoms with Gasteiger partial charge < -0.3 is 9.80 Å². The number of aryl methyl sites for hydroxylation is 2. The van der Waals surface area contributed by atoms with Gasteiger partial charge in [0.1, 0.15) is 5.82 Å². The molecular weight excluding hydrogens is 425 g/mol. The lowest BCUT2D eigenvalue weighted by Crippen LogP contribution is -2.46. The molecule has 3 heterocycles. The molecule has 1 amide bonds. The molecule has 2 fully saturated rings. The van der Waals surface area contributed by atoms with Crippen molar-refractivity contribution in [3.05, 3.63) is 53.1 Å². The summed E-state index contributed by atoms with van der Waals surface area (Å²) in [5.74, 6) is -0.0455. The van der Waals surface area contributed by atoms with Gasteiger partial charge in [-0.1, -0.05) is 23.9 Å². The molecule has 172 valence electrons. The van der Waals surface area contributed by atoms with E-state index in [2.05, 4.69) is 26.8 Å². The third-order valence-electron chi connectivity index (χ3n) is 6.19. The predicted molar refractivity (Wildman–Crippen MR) is 125 cm³/mol. The van der Waals surface area contributed by atoms with Crippen LogP contribution in [0.4, 0.5) is 4.39 Å². The summed E-state index contributed by atoms with van der Waals surface area (Å²) in [6.45, 7) is 8.75. The maximum absolute atomic E-state index is 13.8. The van der Waals surface area contributed by atoms with Crippen molar-refractivity contribution in [2.24, 2.45) is 0 Å². The highest BCUT2D eigenvalue weighted by atomic mass is 32.2. The number of nitrogens with zero attached hydrogens (tertiary/aromatic N) is 5. The molecule has 0 unspecified atom stereocenters. The quantitative estimate of drug-likeness (QED) is 0.643. The van der Waals surface area contributed by atoms with E-state index in [4.69, 9.17) is 0 Å². The topological polar surface area (TPSA) is 52.6 Å². The van der Waals surface area contributed by atoms with E-state index in [1.807, 2.05) is 30.9 Å². The molecule has 2 aliphatic heterocycles. The molecular formula is C24H32FN5OS. The first-order valence-corrected chi connectivity index (χ1v) is 12.2. The smallest absolute Gasteiger partial charge is 0.240 e. The van der Waals surface area contributed by atoms with Gasteiger partial charge in [0.15, 0.2) is 5.16 Å². The van der Waals surface area contributed by atoms with Crippen LogP contribution in [0.25, 0.3) is 0 Å². The van der Waals surface area contributed by atoms with Gasteiger partial charge in [-0.2, -0.15) is 0 Å². The van der Waals surface area contributed by atoms with E-state index in [1.165, 1.54) is 6.07 Å². The molecule has 32 heavy (non-hydrogen) atoms. The van der Waals surface area contributed by atoms with Crippen molar-refractivity contribution >= 4 is 17.7 Å². The Morgan fingerprint density at radius 3 is 2.66 bits per heavy atom. The fourth-order valence-electron chi connectivity index (χ4n) is 4.62. The van der Waals surface area contributed by atoms with Gasteiger partial charge in [0.25, 0.3) is 0 Å². The van der Waals surface area contributed by atoms with Crippen LogP contribution in [0.2, 0.25) is 0 Å². The second-order valence-electron chi connectivity index (χ2n) is 8.97. The minimum absolute atomic E-state index is 0.196. The van der Waals surface area contributed by atoms with Crippen LogP contribution in [-0.2, 0) is 11.3 Å². The highest BCUT2D eigenvalue weighted by molar-refractivity contribution is 7.99. The number of hydrogen-bond acceptors (Lipinski definition) is 6. The number of rotatable bonds is 5. The fraction of sp³-hybridized carbons (Fsp3) is 0.542. The minimum atomic E-state index is -0.241. The summed E-state index contributed by atoms with van der Waals surface area (Å²) >= 11 is 1.65. The van der Waals surface area contributed by atoms with Gasteiger partial charge in [0.05, 0.1) is 6.04 Å². The maximum atomic E-state index is 13.8. The zero-order valence-electron chi connectivity index (χ0n) is 19.1. The standard InChI is InChI=1S/C24H32FN5OS/c1-17-12-18(2)27-24(26-17)32-21-14-22(23(31)29-9-5-8-28(3)10-11-29)30(16-21)15-19-6-4-7-20(25)13-19/h4,6-7,12-13,21-22H,5,8-11,14-16H2,1-3H3/t21-,22+/m1/s1.